The molecule has 1 N–H and O–H groups in total. The second-order valence-electron chi connectivity index (χ2n) is 6.64. The molecular formula is C14H22N2O3. The lowest BCUT2D eigenvalue weighted by Gasteiger charge is -2.26. The number of rotatable bonds is 1. The third kappa shape index (κ3) is 2.03. The van der Waals surface area contributed by atoms with Gasteiger partial charge in [-0.1, -0.05) is 0 Å². The maximum absolute atomic E-state index is 12.3. The fraction of sp³-hybridized carbons (Fsp3) is 0.929. The molecule has 19 heavy (non-hydrogen) atoms. The summed E-state index contributed by atoms with van der Waals surface area (Å²) in [6, 6.07) is 0.340. The molecule has 4 rings (SSSR count). The minimum atomic E-state index is 0.102. The van der Waals surface area contributed by atoms with Crippen molar-refractivity contribution in [3.05, 3.63) is 0 Å². The molecule has 106 valence electrons. The fourth-order valence-electron chi connectivity index (χ4n) is 4.12. The first-order chi connectivity index (χ1) is 9.24. The van der Waals surface area contributed by atoms with Crippen LogP contribution < -0.4 is 5.32 Å². The lowest BCUT2D eigenvalue weighted by molar-refractivity contribution is 0.0970. The molecule has 0 aromatic carbocycles. The molecule has 0 saturated carbocycles. The van der Waals surface area contributed by atoms with E-state index in [2.05, 4.69) is 5.32 Å². The summed E-state index contributed by atoms with van der Waals surface area (Å²) in [6.45, 7) is 3.42. The lowest BCUT2D eigenvalue weighted by atomic mass is 9.87. The molecule has 2 amide bonds. The highest BCUT2D eigenvalue weighted by molar-refractivity contribution is 5.75. The van der Waals surface area contributed by atoms with E-state index in [1.165, 1.54) is 6.42 Å². The number of nitrogens with zero attached hydrogens (tertiary/aromatic N) is 1. The smallest absolute Gasteiger partial charge is 0.317 e. The molecule has 0 unspecified atom stereocenters. The SMILES string of the molecule is O=C(N[C@@H]1C[C@H]2CC[C@H]1O2)N1CC[C@]2(CCOC2)C1. The highest BCUT2D eigenvalue weighted by Gasteiger charge is 2.45. The van der Waals surface area contributed by atoms with Crippen molar-refractivity contribution >= 4 is 6.03 Å². The first kappa shape index (κ1) is 12.0. The van der Waals surface area contributed by atoms with Crippen molar-refractivity contribution in [2.24, 2.45) is 5.41 Å². The predicted molar refractivity (Wildman–Crippen MR) is 68.9 cm³/mol. The van der Waals surface area contributed by atoms with E-state index in [1.807, 2.05) is 4.90 Å². The summed E-state index contributed by atoms with van der Waals surface area (Å²) < 4.78 is 11.3. The van der Waals surface area contributed by atoms with E-state index in [1.54, 1.807) is 0 Å². The largest absolute Gasteiger partial charge is 0.381 e. The van der Waals surface area contributed by atoms with Crippen LogP contribution in [0.3, 0.4) is 0 Å². The third-order valence-electron chi connectivity index (χ3n) is 5.33. The van der Waals surface area contributed by atoms with Gasteiger partial charge in [-0.15, -0.1) is 0 Å². The molecule has 4 fully saturated rings. The monoisotopic (exact) mass is 266 g/mol. The zero-order chi connectivity index (χ0) is 12.9. The van der Waals surface area contributed by atoms with E-state index in [-0.39, 0.29) is 23.6 Å². The Kier molecular flexibility index (Phi) is 2.74. The van der Waals surface area contributed by atoms with Crippen molar-refractivity contribution in [1.82, 2.24) is 10.2 Å². The van der Waals surface area contributed by atoms with Gasteiger partial charge in [-0.25, -0.2) is 4.79 Å². The molecule has 0 radical (unpaired) electrons. The van der Waals surface area contributed by atoms with Crippen molar-refractivity contribution in [2.75, 3.05) is 26.3 Å². The van der Waals surface area contributed by atoms with E-state index in [4.69, 9.17) is 9.47 Å². The van der Waals surface area contributed by atoms with E-state index in [0.29, 0.717) is 6.10 Å². The summed E-state index contributed by atoms with van der Waals surface area (Å²) in [5.74, 6) is 0. The van der Waals surface area contributed by atoms with Crippen LogP contribution in [0.15, 0.2) is 0 Å². The van der Waals surface area contributed by atoms with Crippen molar-refractivity contribution in [2.45, 2.75) is 50.4 Å². The van der Waals surface area contributed by atoms with Gasteiger partial charge in [0.15, 0.2) is 0 Å². The second-order valence-corrected chi connectivity index (χ2v) is 6.64. The Bertz CT molecular complexity index is 381. The number of urea groups is 1. The predicted octanol–water partition coefficient (Wildman–Crippen LogP) is 1.13. The molecule has 5 heteroatoms. The van der Waals surface area contributed by atoms with Crippen LogP contribution in [0.2, 0.25) is 0 Å². The highest BCUT2D eigenvalue weighted by Crippen LogP contribution is 2.38. The maximum Gasteiger partial charge on any atom is 0.317 e. The van der Waals surface area contributed by atoms with Crippen LogP contribution >= 0.6 is 0 Å². The van der Waals surface area contributed by atoms with E-state index < -0.39 is 0 Å². The molecule has 0 aliphatic carbocycles. The summed E-state index contributed by atoms with van der Waals surface area (Å²) in [6.07, 6.45) is 6.12. The molecule has 4 atom stereocenters. The molecule has 2 bridgehead atoms. The summed E-state index contributed by atoms with van der Waals surface area (Å²) in [5.41, 5.74) is 0.253. The number of ether oxygens (including phenoxy) is 2. The van der Waals surface area contributed by atoms with Gasteiger partial charge in [0.25, 0.3) is 0 Å². The Morgan fingerprint density at radius 3 is 2.95 bits per heavy atom. The Morgan fingerprint density at radius 1 is 1.32 bits per heavy atom. The maximum atomic E-state index is 12.3. The number of hydrogen-bond donors (Lipinski definition) is 1. The van der Waals surface area contributed by atoms with Gasteiger partial charge in [-0.3, -0.25) is 0 Å². The number of amides is 2. The van der Waals surface area contributed by atoms with Gasteiger partial charge in [-0.2, -0.15) is 0 Å². The standard InChI is InChI=1S/C14H22N2O3/c17-13(15-11-7-10-1-2-12(11)19-10)16-5-3-14(8-16)4-6-18-9-14/h10-12H,1-9H2,(H,15,17)/t10-,11-,12-,14+/m1/s1. The summed E-state index contributed by atoms with van der Waals surface area (Å²) in [7, 11) is 0. The van der Waals surface area contributed by atoms with E-state index >= 15 is 0 Å². The van der Waals surface area contributed by atoms with Crippen LogP contribution in [0.4, 0.5) is 4.79 Å². The number of fused-ring (bicyclic) bond motifs is 2. The summed E-state index contributed by atoms with van der Waals surface area (Å²) >= 11 is 0. The number of likely N-dealkylation sites (tertiary alicyclic amines) is 1. The molecule has 4 saturated heterocycles. The average Bonchev–Trinajstić information content (AvgIpc) is 3.16. The number of nitrogens with one attached hydrogen (secondary N) is 1. The summed E-state index contributed by atoms with van der Waals surface area (Å²) in [5, 5.41) is 3.18. The fourth-order valence-corrected chi connectivity index (χ4v) is 4.12. The number of carbonyl (C=O) groups excluding carboxylic acids is 1. The van der Waals surface area contributed by atoms with Gasteiger partial charge in [0, 0.05) is 25.1 Å². The first-order valence-corrected chi connectivity index (χ1v) is 7.53. The lowest BCUT2D eigenvalue weighted by Crippen LogP contribution is -2.48. The minimum Gasteiger partial charge on any atom is -0.381 e. The highest BCUT2D eigenvalue weighted by atomic mass is 16.5. The molecule has 0 aromatic heterocycles. The Balaban J connectivity index is 1.34. The van der Waals surface area contributed by atoms with E-state index in [9.17, 15) is 4.79 Å². The Hall–Kier alpha value is -0.810. The average molecular weight is 266 g/mol. The summed E-state index contributed by atoms with van der Waals surface area (Å²) in [4.78, 5) is 14.3. The molecule has 5 nitrogen and oxygen atoms in total. The molecule has 0 aromatic rings. The van der Waals surface area contributed by atoms with Crippen molar-refractivity contribution in [1.29, 1.82) is 0 Å². The molecule has 4 heterocycles. The normalized spacial score (nSPS) is 44.4. The van der Waals surface area contributed by atoms with Crippen molar-refractivity contribution in [3.8, 4) is 0 Å². The van der Waals surface area contributed by atoms with Crippen LogP contribution in [0.25, 0.3) is 0 Å². The van der Waals surface area contributed by atoms with Crippen LogP contribution in [0.5, 0.6) is 0 Å². The second kappa shape index (κ2) is 4.35. The van der Waals surface area contributed by atoms with Gasteiger partial charge in [-0.05, 0) is 32.1 Å². The molecular weight excluding hydrogens is 244 g/mol. The zero-order valence-corrected chi connectivity index (χ0v) is 11.3. The van der Waals surface area contributed by atoms with Gasteiger partial charge in [0.2, 0.25) is 0 Å². The Labute approximate surface area is 113 Å². The van der Waals surface area contributed by atoms with Gasteiger partial charge >= 0.3 is 6.03 Å². The Morgan fingerprint density at radius 2 is 2.26 bits per heavy atom. The van der Waals surface area contributed by atoms with Crippen LogP contribution in [0, 0.1) is 5.41 Å². The molecule has 4 aliphatic heterocycles. The van der Waals surface area contributed by atoms with Crippen LogP contribution in [0.1, 0.15) is 32.1 Å². The number of carbonyl (C=O) groups is 1. The van der Waals surface area contributed by atoms with Gasteiger partial charge in [0.05, 0.1) is 24.9 Å². The minimum absolute atomic E-state index is 0.102. The molecule has 4 aliphatic rings. The van der Waals surface area contributed by atoms with Crippen LogP contribution in [-0.2, 0) is 9.47 Å². The molecule has 1 spiro atoms. The topological polar surface area (TPSA) is 50.8 Å². The van der Waals surface area contributed by atoms with Crippen LogP contribution in [-0.4, -0.2) is 55.5 Å². The van der Waals surface area contributed by atoms with E-state index in [0.717, 1.165) is 52.0 Å². The third-order valence-corrected chi connectivity index (χ3v) is 5.33. The van der Waals surface area contributed by atoms with Crippen molar-refractivity contribution in [3.63, 3.8) is 0 Å². The van der Waals surface area contributed by atoms with Crippen molar-refractivity contribution < 1.29 is 14.3 Å². The van der Waals surface area contributed by atoms with Gasteiger partial charge in [0.1, 0.15) is 0 Å². The quantitative estimate of drug-likeness (QED) is 0.774. The van der Waals surface area contributed by atoms with Gasteiger partial charge < -0.3 is 19.7 Å². The number of hydrogen-bond acceptors (Lipinski definition) is 3. The first-order valence-electron chi connectivity index (χ1n) is 7.53. The zero-order valence-electron chi connectivity index (χ0n) is 11.3.